The zero-order valence-corrected chi connectivity index (χ0v) is 13.1. The van der Waals surface area contributed by atoms with Gasteiger partial charge in [0.1, 0.15) is 16.8 Å². The lowest BCUT2D eigenvalue weighted by Crippen LogP contribution is -1.96. The molecule has 0 aliphatic carbocycles. The first kappa shape index (κ1) is 15.7. The molecule has 0 aliphatic rings. The van der Waals surface area contributed by atoms with Gasteiger partial charge in [0.05, 0.1) is 10.5 Å². The van der Waals surface area contributed by atoms with Crippen LogP contribution in [0.25, 0.3) is 6.08 Å². The fourth-order valence-electron chi connectivity index (χ4n) is 2.05. The molecule has 0 aliphatic heterocycles. The maximum Gasteiger partial charge on any atom is 0.292 e. The van der Waals surface area contributed by atoms with Gasteiger partial charge in [0.15, 0.2) is 0 Å². The summed E-state index contributed by atoms with van der Waals surface area (Å²) in [6, 6.07) is 8.60. The minimum atomic E-state index is -0.438. The van der Waals surface area contributed by atoms with Crippen LogP contribution >= 0.6 is 11.3 Å². The average Bonchev–Trinajstić information content (AvgIpc) is 2.80. The first-order valence-corrected chi connectivity index (χ1v) is 7.60. The van der Waals surface area contributed by atoms with Gasteiger partial charge in [-0.25, -0.2) is 0 Å². The normalized spacial score (nSPS) is 10.6. The van der Waals surface area contributed by atoms with E-state index in [0.717, 1.165) is 16.9 Å². The molecule has 0 saturated heterocycles. The van der Waals surface area contributed by atoms with Crippen LogP contribution in [0.1, 0.15) is 29.3 Å². The van der Waals surface area contributed by atoms with Gasteiger partial charge in [0.2, 0.25) is 0 Å². The average molecular weight is 313 g/mol. The topological polar surface area (TPSA) is 79.0 Å². The number of nitro benzene ring substituents is 1. The highest BCUT2D eigenvalue weighted by atomic mass is 32.1. The first-order chi connectivity index (χ1) is 10.6. The number of hydrogen-bond acceptors (Lipinski definition) is 5. The van der Waals surface area contributed by atoms with Crippen molar-refractivity contribution < 1.29 is 4.92 Å². The molecule has 0 saturated carbocycles. The summed E-state index contributed by atoms with van der Waals surface area (Å²) in [6.07, 6.45) is 4.80. The molecule has 1 aromatic heterocycles. The molecule has 0 bridgehead atoms. The Hall–Kier alpha value is -2.65. The second-order valence-corrected chi connectivity index (χ2v) is 5.82. The Bertz CT molecular complexity index is 772. The second kappa shape index (κ2) is 6.87. The number of nitrogens with one attached hydrogen (secondary N) is 1. The number of thiophene rings is 1. The summed E-state index contributed by atoms with van der Waals surface area (Å²) in [6.45, 7) is 3.96. The van der Waals surface area contributed by atoms with Crippen LogP contribution in [0.4, 0.5) is 16.4 Å². The number of anilines is 2. The summed E-state index contributed by atoms with van der Waals surface area (Å²) < 4.78 is 0. The van der Waals surface area contributed by atoms with Gasteiger partial charge in [-0.15, -0.1) is 11.3 Å². The zero-order valence-electron chi connectivity index (χ0n) is 12.3. The summed E-state index contributed by atoms with van der Waals surface area (Å²) in [5.41, 5.74) is 1.76. The molecule has 112 valence electrons. The number of rotatable bonds is 5. The standard InChI is InChI=1S/C16H15N3O2S/c1-3-4-7-12-11(2)22-16(13(12)10-17)18-14-8-5-6-9-15(14)19(20)21/h4-9,18H,3H2,1-2H3/b7-4-. The number of nitrogens with zero attached hydrogens (tertiary/aromatic N) is 2. The van der Waals surface area contributed by atoms with Crippen LogP contribution in [0.15, 0.2) is 30.3 Å². The second-order valence-electron chi connectivity index (χ2n) is 4.60. The third-order valence-corrected chi connectivity index (χ3v) is 4.15. The summed E-state index contributed by atoms with van der Waals surface area (Å²) >= 11 is 1.42. The van der Waals surface area contributed by atoms with Gasteiger partial charge < -0.3 is 5.32 Å². The Morgan fingerprint density at radius 3 is 2.82 bits per heavy atom. The van der Waals surface area contributed by atoms with Crippen molar-refractivity contribution in [2.24, 2.45) is 0 Å². The van der Waals surface area contributed by atoms with Crippen molar-refractivity contribution in [3.05, 3.63) is 56.5 Å². The Balaban J connectivity index is 2.46. The smallest absolute Gasteiger partial charge is 0.292 e. The number of nitriles is 1. The summed E-state index contributed by atoms with van der Waals surface area (Å²) in [4.78, 5) is 11.6. The van der Waals surface area contributed by atoms with E-state index < -0.39 is 4.92 Å². The van der Waals surface area contributed by atoms with Crippen molar-refractivity contribution in [3.63, 3.8) is 0 Å². The van der Waals surface area contributed by atoms with Gasteiger partial charge in [-0.3, -0.25) is 10.1 Å². The monoisotopic (exact) mass is 313 g/mol. The molecule has 0 unspecified atom stereocenters. The number of aryl methyl sites for hydroxylation is 1. The minimum Gasteiger partial charge on any atom is -0.341 e. The third-order valence-electron chi connectivity index (χ3n) is 3.11. The highest BCUT2D eigenvalue weighted by Crippen LogP contribution is 2.37. The van der Waals surface area contributed by atoms with Gasteiger partial charge in [-0.05, 0) is 19.4 Å². The molecule has 5 nitrogen and oxygen atoms in total. The van der Waals surface area contributed by atoms with E-state index in [-0.39, 0.29) is 5.69 Å². The number of allylic oxidation sites excluding steroid dienone is 1. The SMILES string of the molecule is CC/C=C\c1c(C)sc(Nc2ccccc2[N+](=O)[O-])c1C#N. The molecule has 0 spiro atoms. The highest BCUT2D eigenvalue weighted by Gasteiger charge is 2.18. The zero-order chi connectivity index (χ0) is 16.1. The number of benzene rings is 1. The number of hydrogen-bond donors (Lipinski definition) is 1. The van der Waals surface area contributed by atoms with E-state index in [1.54, 1.807) is 18.2 Å². The van der Waals surface area contributed by atoms with Crippen molar-refractivity contribution in [2.45, 2.75) is 20.3 Å². The first-order valence-electron chi connectivity index (χ1n) is 6.79. The van der Waals surface area contributed by atoms with E-state index >= 15 is 0 Å². The van der Waals surface area contributed by atoms with Crippen LogP contribution in [0, 0.1) is 28.4 Å². The molecule has 2 aromatic rings. The fourth-order valence-corrected chi connectivity index (χ4v) is 3.06. The van der Waals surface area contributed by atoms with Gasteiger partial charge in [-0.2, -0.15) is 5.26 Å². The molecule has 0 amide bonds. The molecular weight excluding hydrogens is 298 g/mol. The van der Waals surface area contributed by atoms with Crippen molar-refractivity contribution >= 4 is 33.8 Å². The number of para-hydroxylation sites is 2. The summed E-state index contributed by atoms with van der Waals surface area (Å²) in [7, 11) is 0. The highest BCUT2D eigenvalue weighted by molar-refractivity contribution is 7.16. The maximum atomic E-state index is 11.1. The van der Waals surface area contributed by atoms with E-state index in [4.69, 9.17) is 0 Å². The van der Waals surface area contributed by atoms with Crippen LogP contribution < -0.4 is 5.32 Å². The van der Waals surface area contributed by atoms with Crippen LogP contribution in [0.5, 0.6) is 0 Å². The number of nitro groups is 1. The lowest BCUT2D eigenvalue weighted by molar-refractivity contribution is -0.383. The molecule has 22 heavy (non-hydrogen) atoms. The predicted molar refractivity (Wildman–Crippen MR) is 89.5 cm³/mol. The van der Waals surface area contributed by atoms with Crippen LogP contribution in [-0.2, 0) is 0 Å². The molecular formula is C16H15N3O2S. The van der Waals surface area contributed by atoms with Gasteiger partial charge >= 0.3 is 0 Å². The van der Waals surface area contributed by atoms with Crippen molar-refractivity contribution in [2.75, 3.05) is 5.32 Å². The van der Waals surface area contributed by atoms with E-state index in [1.165, 1.54) is 17.4 Å². The molecule has 0 radical (unpaired) electrons. The van der Waals surface area contributed by atoms with Gasteiger partial charge in [0, 0.05) is 16.5 Å². The van der Waals surface area contributed by atoms with Crippen LogP contribution in [0.2, 0.25) is 0 Å². The van der Waals surface area contributed by atoms with Crippen molar-refractivity contribution in [1.82, 2.24) is 0 Å². The quantitative estimate of drug-likeness (QED) is 0.622. The lowest BCUT2D eigenvalue weighted by Gasteiger charge is -2.05. The van der Waals surface area contributed by atoms with Gasteiger partial charge in [-0.1, -0.05) is 31.2 Å². The van der Waals surface area contributed by atoms with E-state index in [1.807, 2.05) is 26.0 Å². The summed E-state index contributed by atoms with van der Waals surface area (Å²) in [5.74, 6) is 0. The van der Waals surface area contributed by atoms with E-state index in [0.29, 0.717) is 16.3 Å². The molecule has 6 heteroatoms. The van der Waals surface area contributed by atoms with Gasteiger partial charge in [0.25, 0.3) is 5.69 Å². The van der Waals surface area contributed by atoms with Crippen molar-refractivity contribution in [1.29, 1.82) is 5.26 Å². The lowest BCUT2D eigenvalue weighted by atomic mass is 10.1. The summed E-state index contributed by atoms with van der Waals surface area (Å²) in [5, 5.41) is 24.2. The van der Waals surface area contributed by atoms with Crippen LogP contribution in [0.3, 0.4) is 0 Å². The van der Waals surface area contributed by atoms with E-state index in [2.05, 4.69) is 11.4 Å². The van der Waals surface area contributed by atoms with Crippen LogP contribution in [-0.4, -0.2) is 4.92 Å². The largest absolute Gasteiger partial charge is 0.341 e. The third kappa shape index (κ3) is 3.15. The Kier molecular flexibility index (Phi) is 4.92. The maximum absolute atomic E-state index is 11.1. The van der Waals surface area contributed by atoms with Crippen molar-refractivity contribution in [3.8, 4) is 6.07 Å². The minimum absolute atomic E-state index is 0.0110. The molecule has 0 fully saturated rings. The Morgan fingerprint density at radius 2 is 2.18 bits per heavy atom. The molecule has 1 N–H and O–H groups in total. The molecule has 1 aromatic carbocycles. The Morgan fingerprint density at radius 1 is 1.45 bits per heavy atom. The molecule has 1 heterocycles. The fraction of sp³-hybridized carbons (Fsp3) is 0.188. The molecule has 0 atom stereocenters. The predicted octanol–water partition coefficient (Wildman–Crippen LogP) is 5.00. The van der Waals surface area contributed by atoms with E-state index in [9.17, 15) is 15.4 Å². The molecule has 2 rings (SSSR count). The Labute approximate surface area is 132 Å².